The van der Waals surface area contributed by atoms with Crippen molar-refractivity contribution < 1.29 is 19.7 Å². The second-order valence-corrected chi connectivity index (χ2v) is 6.36. The third-order valence-corrected chi connectivity index (χ3v) is 4.32. The summed E-state index contributed by atoms with van der Waals surface area (Å²) in [5, 5.41) is 24.0. The Balaban J connectivity index is 1.90. The molecule has 0 saturated heterocycles. The summed E-state index contributed by atoms with van der Waals surface area (Å²) >= 11 is 5.16. The number of hydrogen-bond acceptors (Lipinski definition) is 7. The number of amides is 1. The van der Waals surface area contributed by atoms with Crippen LogP contribution in [-0.2, 0) is 0 Å². The van der Waals surface area contributed by atoms with Gasteiger partial charge in [0.15, 0.2) is 4.77 Å². The number of carbonyl (C=O) groups is 1. The molecule has 4 N–H and O–H groups in total. The van der Waals surface area contributed by atoms with Gasteiger partial charge in [0.05, 0.1) is 24.1 Å². The number of phenols is 1. The van der Waals surface area contributed by atoms with Crippen molar-refractivity contribution in [1.29, 1.82) is 0 Å². The fourth-order valence-electron chi connectivity index (χ4n) is 2.63. The number of nitrogens with one attached hydrogen (secondary N) is 2. The van der Waals surface area contributed by atoms with E-state index in [4.69, 9.17) is 17.0 Å². The van der Waals surface area contributed by atoms with Gasteiger partial charge in [-0.25, -0.2) is 5.43 Å². The maximum absolute atomic E-state index is 12.2. The van der Waals surface area contributed by atoms with Crippen LogP contribution >= 0.6 is 12.2 Å². The van der Waals surface area contributed by atoms with Gasteiger partial charge in [0.1, 0.15) is 17.1 Å². The Morgan fingerprint density at radius 2 is 1.93 bits per heavy atom. The molecule has 3 aromatic rings. The van der Waals surface area contributed by atoms with Gasteiger partial charge in [-0.1, -0.05) is 12.1 Å². The van der Waals surface area contributed by atoms with Gasteiger partial charge in [0, 0.05) is 0 Å². The second-order valence-electron chi connectivity index (χ2n) is 5.98. The van der Waals surface area contributed by atoms with Crippen molar-refractivity contribution >= 4 is 24.3 Å². The lowest BCUT2D eigenvalue weighted by molar-refractivity contribution is 0.0952. The molecule has 0 saturated carbocycles. The van der Waals surface area contributed by atoms with Gasteiger partial charge < -0.3 is 14.9 Å². The fraction of sp³-hybridized carbons (Fsp3) is 0.100. The highest BCUT2D eigenvalue weighted by atomic mass is 32.1. The van der Waals surface area contributed by atoms with E-state index in [1.165, 1.54) is 16.7 Å². The highest BCUT2D eigenvalue weighted by molar-refractivity contribution is 7.71. The van der Waals surface area contributed by atoms with E-state index in [9.17, 15) is 19.8 Å². The van der Waals surface area contributed by atoms with Gasteiger partial charge in [0.2, 0.25) is 5.88 Å². The lowest BCUT2D eigenvalue weighted by Crippen LogP contribution is -2.21. The Morgan fingerprint density at radius 3 is 2.60 bits per heavy atom. The van der Waals surface area contributed by atoms with Crippen molar-refractivity contribution in [3.63, 3.8) is 0 Å². The average Bonchev–Trinajstić information content (AvgIpc) is 2.72. The summed E-state index contributed by atoms with van der Waals surface area (Å²) in [6, 6.07) is 12.7. The number of H-pyrrole nitrogens is 1. The monoisotopic (exact) mass is 426 g/mol. The molecule has 1 heterocycles. The Kier molecular flexibility index (Phi) is 6.28. The Labute approximate surface area is 175 Å². The molecule has 1 amide bonds. The van der Waals surface area contributed by atoms with E-state index in [0.29, 0.717) is 18.0 Å². The molecule has 0 aliphatic rings. The van der Waals surface area contributed by atoms with Gasteiger partial charge >= 0.3 is 0 Å². The number of hydrogen-bond donors (Lipinski definition) is 4. The second kappa shape index (κ2) is 9.05. The Bertz CT molecular complexity index is 1220. The number of aromatic hydroxyl groups is 2. The molecule has 0 atom stereocenters. The lowest BCUT2D eigenvalue weighted by Gasteiger charge is -2.12. The summed E-state index contributed by atoms with van der Waals surface area (Å²) in [4.78, 5) is 26.8. The quantitative estimate of drug-likeness (QED) is 0.272. The molecule has 9 nitrogen and oxygen atoms in total. The van der Waals surface area contributed by atoms with Crippen LogP contribution in [0, 0.1) is 4.77 Å². The normalized spacial score (nSPS) is 10.8. The van der Waals surface area contributed by atoms with Crippen LogP contribution in [0.5, 0.6) is 17.4 Å². The van der Waals surface area contributed by atoms with Crippen LogP contribution in [0.25, 0.3) is 5.69 Å². The van der Waals surface area contributed by atoms with E-state index in [-0.39, 0.29) is 21.6 Å². The van der Waals surface area contributed by atoms with Gasteiger partial charge in [-0.15, -0.1) is 0 Å². The molecule has 0 spiro atoms. The number of para-hydroxylation sites is 1. The summed E-state index contributed by atoms with van der Waals surface area (Å²) in [5.74, 6) is -0.701. The number of ether oxygens (including phenoxy) is 1. The number of hydrazone groups is 1. The van der Waals surface area contributed by atoms with Gasteiger partial charge in [0.25, 0.3) is 11.5 Å². The maximum Gasteiger partial charge on any atom is 0.275 e. The number of nitrogens with zero attached hydrogens (tertiary/aromatic N) is 2. The van der Waals surface area contributed by atoms with E-state index in [1.54, 1.807) is 36.4 Å². The van der Waals surface area contributed by atoms with E-state index >= 15 is 0 Å². The van der Waals surface area contributed by atoms with Crippen LogP contribution in [-0.4, -0.2) is 38.5 Å². The largest absolute Gasteiger partial charge is 0.507 e. The standard InChI is InChI=1S/C20H18N4O5S/c1-2-29-13-9-7-12(8-10-13)24-19(28)15(17(26)22-20(24)30)11-21-23-18(27)14-5-3-4-6-16(14)25/h3-11,25,28H,2H2,1H3,(H,23,27)(H,22,26,30)/b21-11+. The zero-order valence-electron chi connectivity index (χ0n) is 15.8. The highest BCUT2D eigenvalue weighted by Gasteiger charge is 2.14. The minimum Gasteiger partial charge on any atom is -0.507 e. The van der Waals surface area contributed by atoms with E-state index in [2.05, 4.69) is 15.5 Å². The summed E-state index contributed by atoms with van der Waals surface area (Å²) in [7, 11) is 0. The number of aromatic amines is 1. The van der Waals surface area contributed by atoms with Crippen LogP contribution < -0.4 is 15.7 Å². The van der Waals surface area contributed by atoms with E-state index in [1.807, 2.05) is 6.92 Å². The predicted octanol–water partition coefficient (Wildman–Crippen LogP) is 2.47. The van der Waals surface area contributed by atoms with Gasteiger partial charge in [-0.05, 0) is 55.5 Å². The summed E-state index contributed by atoms with van der Waals surface area (Å²) in [6.45, 7) is 2.37. The average molecular weight is 426 g/mol. The molecular formula is C20H18N4O5S. The molecule has 154 valence electrons. The molecule has 0 aliphatic heterocycles. The third kappa shape index (κ3) is 4.39. The highest BCUT2D eigenvalue weighted by Crippen LogP contribution is 2.21. The van der Waals surface area contributed by atoms with Crippen LogP contribution in [0.2, 0.25) is 0 Å². The zero-order chi connectivity index (χ0) is 21.7. The van der Waals surface area contributed by atoms with Gasteiger partial charge in [-0.2, -0.15) is 5.10 Å². The maximum atomic E-state index is 12.2. The molecule has 0 unspecified atom stereocenters. The number of aromatic nitrogens is 2. The number of benzene rings is 2. The van der Waals surface area contributed by atoms with Crippen LogP contribution in [0.4, 0.5) is 0 Å². The summed E-state index contributed by atoms with van der Waals surface area (Å²) in [6.07, 6.45) is 0.992. The topological polar surface area (TPSA) is 129 Å². The molecular weight excluding hydrogens is 408 g/mol. The Morgan fingerprint density at radius 1 is 1.23 bits per heavy atom. The first-order valence-corrected chi connectivity index (χ1v) is 9.26. The van der Waals surface area contributed by atoms with Crippen molar-refractivity contribution in [2.45, 2.75) is 6.92 Å². The van der Waals surface area contributed by atoms with Crippen LogP contribution in [0.15, 0.2) is 58.4 Å². The fourth-order valence-corrected chi connectivity index (χ4v) is 2.92. The third-order valence-electron chi connectivity index (χ3n) is 4.04. The minimum absolute atomic E-state index is 0.0122. The number of carbonyl (C=O) groups excluding carboxylic acids is 1. The molecule has 0 fully saturated rings. The molecule has 1 aromatic heterocycles. The summed E-state index contributed by atoms with van der Waals surface area (Å²) < 4.78 is 6.62. The van der Waals surface area contributed by atoms with Crippen molar-refractivity contribution in [1.82, 2.24) is 15.0 Å². The zero-order valence-corrected chi connectivity index (χ0v) is 16.6. The lowest BCUT2D eigenvalue weighted by atomic mass is 10.2. The Hall–Kier alpha value is -3.92. The van der Waals surface area contributed by atoms with Crippen molar-refractivity contribution in [3.05, 3.63) is 74.8 Å². The molecule has 0 aliphatic carbocycles. The van der Waals surface area contributed by atoms with E-state index in [0.717, 1.165) is 6.21 Å². The van der Waals surface area contributed by atoms with Crippen LogP contribution in [0.1, 0.15) is 22.8 Å². The van der Waals surface area contributed by atoms with E-state index < -0.39 is 17.3 Å². The molecule has 30 heavy (non-hydrogen) atoms. The first kappa shape index (κ1) is 20.8. The molecule has 0 bridgehead atoms. The van der Waals surface area contributed by atoms with Crippen molar-refractivity contribution in [2.24, 2.45) is 5.10 Å². The molecule has 2 aromatic carbocycles. The molecule has 10 heteroatoms. The minimum atomic E-state index is -0.681. The summed E-state index contributed by atoms with van der Waals surface area (Å²) in [5.41, 5.74) is 1.80. The smallest absolute Gasteiger partial charge is 0.275 e. The first-order valence-electron chi connectivity index (χ1n) is 8.85. The number of phenolic OH excluding ortho intramolecular Hbond substituents is 1. The molecule has 0 radical (unpaired) electrons. The van der Waals surface area contributed by atoms with Crippen molar-refractivity contribution in [2.75, 3.05) is 6.61 Å². The first-order chi connectivity index (χ1) is 14.4. The van der Waals surface area contributed by atoms with Crippen molar-refractivity contribution in [3.8, 4) is 23.1 Å². The van der Waals surface area contributed by atoms with Crippen LogP contribution in [0.3, 0.4) is 0 Å². The SMILES string of the molecule is CCOc1ccc(-n2c(O)c(/C=N/NC(=O)c3ccccc3O)c(=O)[nH]c2=S)cc1. The predicted molar refractivity (Wildman–Crippen MR) is 113 cm³/mol. The molecule has 3 rings (SSSR count). The van der Waals surface area contributed by atoms with Gasteiger partial charge in [-0.3, -0.25) is 19.1 Å². The number of rotatable bonds is 6.